The predicted molar refractivity (Wildman–Crippen MR) is 116 cm³/mol. The van der Waals surface area contributed by atoms with Gasteiger partial charge in [0, 0.05) is 13.0 Å². The van der Waals surface area contributed by atoms with Crippen molar-refractivity contribution in [2.45, 2.75) is 128 Å². The van der Waals surface area contributed by atoms with Gasteiger partial charge in [0.15, 0.2) is 0 Å². The zero-order chi connectivity index (χ0) is 19.6. The summed E-state index contributed by atoms with van der Waals surface area (Å²) in [6.45, 7) is 2.75. The first kappa shape index (κ1) is 24.2. The summed E-state index contributed by atoms with van der Waals surface area (Å²) in [5.41, 5.74) is 5.49. The maximum Gasteiger partial charge on any atom is 0.306 e. The molecule has 0 aromatic carbocycles. The second-order valence-electron chi connectivity index (χ2n) is 8.40. The van der Waals surface area contributed by atoms with E-state index in [1.807, 2.05) is 0 Å². The Balaban J connectivity index is 1.86. The second kappa shape index (κ2) is 16.2. The molecule has 0 aromatic rings. The van der Waals surface area contributed by atoms with E-state index in [0.717, 1.165) is 38.5 Å². The molecule has 0 unspecified atom stereocenters. The molecule has 3 nitrogen and oxygen atoms in total. The highest BCUT2D eigenvalue weighted by atomic mass is 16.6. The van der Waals surface area contributed by atoms with Crippen molar-refractivity contribution >= 4 is 5.97 Å². The Morgan fingerprint density at radius 2 is 1.37 bits per heavy atom. The fourth-order valence-corrected chi connectivity index (χ4v) is 4.00. The fraction of sp³-hybridized carbons (Fsp3) is 0.875. The Morgan fingerprint density at radius 1 is 0.852 bits per heavy atom. The molecular formula is C24H45NO2. The topological polar surface area (TPSA) is 52.3 Å². The normalized spacial score (nSPS) is 16.2. The molecule has 1 aliphatic rings. The van der Waals surface area contributed by atoms with Crippen molar-refractivity contribution < 1.29 is 9.53 Å². The summed E-state index contributed by atoms with van der Waals surface area (Å²) in [4.78, 5) is 12.0. The molecule has 0 spiro atoms. The van der Waals surface area contributed by atoms with Crippen molar-refractivity contribution in [2.75, 3.05) is 6.54 Å². The molecule has 3 heteroatoms. The van der Waals surface area contributed by atoms with Crippen LogP contribution in [-0.2, 0) is 9.53 Å². The Morgan fingerprint density at radius 3 is 1.93 bits per heavy atom. The van der Waals surface area contributed by atoms with Crippen molar-refractivity contribution in [3.05, 3.63) is 12.2 Å². The predicted octanol–water partition coefficient (Wildman–Crippen LogP) is 6.84. The summed E-state index contributed by atoms with van der Waals surface area (Å²) in [5.74, 6) is -0.0417. The van der Waals surface area contributed by atoms with E-state index in [0.29, 0.717) is 13.0 Å². The lowest BCUT2D eigenvalue weighted by Crippen LogP contribution is -2.39. The Bertz CT molecular complexity index is 386. The van der Waals surface area contributed by atoms with Crippen LogP contribution in [0, 0.1) is 0 Å². The number of rotatable bonds is 17. The first-order chi connectivity index (χ1) is 13.2. The highest BCUT2D eigenvalue weighted by Gasteiger charge is 2.36. The molecule has 158 valence electrons. The molecule has 1 fully saturated rings. The van der Waals surface area contributed by atoms with Crippen LogP contribution in [0.2, 0.25) is 0 Å². The van der Waals surface area contributed by atoms with Crippen LogP contribution < -0.4 is 5.73 Å². The quantitative estimate of drug-likeness (QED) is 0.171. The molecule has 27 heavy (non-hydrogen) atoms. The number of carbonyl (C=O) groups is 1. The number of hydrogen-bond donors (Lipinski definition) is 1. The van der Waals surface area contributed by atoms with Crippen LogP contribution in [0.3, 0.4) is 0 Å². The summed E-state index contributed by atoms with van der Waals surface area (Å²) in [7, 11) is 0. The van der Waals surface area contributed by atoms with Crippen molar-refractivity contribution in [1.29, 1.82) is 0 Å². The molecule has 0 radical (unpaired) electrons. The molecule has 0 atom stereocenters. The SMILES string of the molecule is CCCCCCCCC=CCCCCCCCC(=O)OC1(CN)CCCC1. The summed E-state index contributed by atoms with van der Waals surface area (Å²) < 4.78 is 5.69. The summed E-state index contributed by atoms with van der Waals surface area (Å²) in [6.07, 6.45) is 26.0. The first-order valence-corrected chi connectivity index (χ1v) is 11.8. The summed E-state index contributed by atoms with van der Waals surface area (Å²) in [6, 6.07) is 0. The number of hydrogen-bond acceptors (Lipinski definition) is 3. The van der Waals surface area contributed by atoms with E-state index in [-0.39, 0.29) is 11.6 Å². The number of nitrogens with two attached hydrogens (primary N) is 1. The third-order valence-corrected chi connectivity index (χ3v) is 5.86. The smallest absolute Gasteiger partial charge is 0.306 e. The standard InChI is InChI=1S/C24H45NO2/c1-2-3-4-5-6-7-8-9-10-11-12-13-14-15-16-19-23(26)27-24(22-25)20-17-18-21-24/h9-10H,2-8,11-22,25H2,1H3. The van der Waals surface area contributed by atoms with Crippen LogP contribution in [-0.4, -0.2) is 18.1 Å². The van der Waals surface area contributed by atoms with Gasteiger partial charge < -0.3 is 10.5 Å². The van der Waals surface area contributed by atoms with E-state index in [4.69, 9.17) is 10.5 Å². The molecule has 0 heterocycles. The van der Waals surface area contributed by atoms with Gasteiger partial charge in [-0.05, 0) is 57.8 Å². The molecule has 1 rings (SSSR count). The molecular weight excluding hydrogens is 334 g/mol. The van der Waals surface area contributed by atoms with Gasteiger partial charge >= 0.3 is 5.97 Å². The molecule has 0 saturated heterocycles. The van der Waals surface area contributed by atoms with Crippen LogP contribution in [0.25, 0.3) is 0 Å². The molecule has 2 N–H and O–H groups in total. The highest BCUT2D eigenvalue weighted by Crippen LogP contribution is 2.32. The molecule has 0 aromatic heterocycles. The van der Waals surface area contributed by atoms with Crippen molar-refractivity contribution in [1.82, 2.24) is 0 Å². The van der Waals surface area contributed by atoms with Crippen molar-refractivity contribution in [2.24, 2.45) is 5.73 Å². The van der Waals surface area contributed by atoms with Gasteiger partial charge in [0.05, 0.1) is 0 Å². The summed E-state index contributed by atoms with van der Waals surface area (Å²) in [5, 5.41) is 0. The van der Waals surface area contributed by atoms with Gasteiger partial charge in [-0.15, -0.1) is 0 Å². The van der Waals surface area contributed by atoms with Gasteiger partial charge in [-0.25, -0.2) is 0 Å². The van der Waals surface area contributed by atoms with Gasteiger partial charge in [-0.2, -0.15) is 0 Å². The van der Waals surface area contributed by atoms with E-state index < -0.39 is 0 Å². The Hall–Kier alpha value is -0.830. The van der Waals surface area contributed by atoms with Gasteiger partial charge in [0.2, 0.25) is 0 Å². The third kappa shape index (κ3) is 12.3. The van der Waals surface area contributed by atoms with E-state index >= 15 is 0 Å². The number of esters is 1. The highest BCUT2D eigenvalue weighted by molar-refractivity contribution is 5.69. The Labute approximate surface area is 168 Å². The summed E-state index contributed by atoms with van der Waals surface area (Å²) >= 11 is 0. The molecule has 1 saturated carbocycles. The molecule has 1 aliphatic carbocycles. The van der Waals surface area contributed by atoms with E-state index in [9.17, 15) is 4.79 Å². The Kier molecular flexibility index (Phi) is 14.5. The lowest BCUT2D eigenvalue weighted by molar-refractivity contribution is -0.158. The van der Waals surface area contributed by atoms with Crippen LogP contribution in [0.5, 0.6) is 0 Å². The lowest BCUT2D eigenvalue weighted by Gasteiger charge is -2.27. The first-order valence-electron chi connectivity index (χ1n) is 11.8. The minimum Gasteiger partial charge on any atom is -0.458 e. The van der Waals surface area contributed by atoms with E-state index in [1.54, 1.807) is 0 Å². The fourth-order valence-electron chi connectivity index (χ4n) is 4.00. The lowest BCUT2D eigenvalue weighted by atomic mass is 10.0. The zero-order valence-electron chi connectivity index (χ0n) is 18.0. The third-order valence-electron chi connectivity index (χ3n) is 5.86. The van der Waals surface area contributed by atoms with E-state index in [1.165, 1.54) is 70.6 Å². The van der Waals surface area contributed by atoms with Crippen LogP contribution >= 0.6 is 0 Å². The van der Waals surface area contributed by atoms with Crippen molar-refractivity contribution in [3.63, 3.8) is 0 Å². The molecule has 0 bridgehead atoms. The second-order valence-corrected chi connectivity index (χ2v) is 8.40. The minimum absolute atomic E-state index is 0.0417. The van der Waals surface area contributed by atoms with Gasteiger partial charge in [0.25, 0.3) is 0 Å². The van der Waals surface area contributed by atoms with Crippen LogP contribution in [0.4, 0.5) is 0 Å². The van der Waals surface area contributed by atoms with Gasteiger partial charge in [-0.3, -0.25) is 4.79 Å². The molecule has 0 amide bonds. The number of ether oxygens (including phenoxy) is 1. The van der Waals surface area contributed by atoms with Gasteiger partial charge in [-0.1, -0.05) is 70.4 Å². The average Bonchev–Trinajstić information content (AvgIpc) is 3.13. The average molecular weight is 380 g/mol. The maximum absolute atomic E-state index is 12.0. The van der Waals surface area contributed by atoms with Crippen LogP contribution in [0.15, 0.2) is 12.2 Å². The largest absolute Gasteiger partial charge is 0.458 e. The monoisotopic (exact) mass is 379 g/mol. The number of carbonyl (C=O) groups excluding carboxylic acids is 1. The zero-order valence-corrected chi connectivity index (χ0v) is 18.0. The maximum atomic E-state index is 12.0. The van der Waals surface area contributed by atoms with Crippen LogP contribution in [0.1, 0.15) is 122 Å². The van der Waals surface area contributed by atoms with Crippen molar-refractivity contribution in [3.8, 4) is 0 Å². The van der Waals surface area contributed by atoms with E-state index in [2.05, 4.69) is 19.1 Å². The van der Waals surface area contributed by atoms with Gasteiger partial charge in [0.1, 0.15) is 5.60 Å². The molecule has 0 aliphatic heterocycles. The minimum atomic E-state index is -0.334. The number of unbranched alkanes of at least 4 members (excludes halogenated alkanes) is 11. The number of allylic oxidation sites excluding steroid dienone is 2.